The molecule has 53 heavy (non-hydrogen) atoms. The van der Waals surface area contributed by atoms with Gasteiger partial charge in [0, 0.05) is 12.8 Å². The van der Waals surface area contributed by atoms with Crippen molar-refractivity contribution in [2.45, 2.75) is 209 Å². The third-order valence-corrected chi connectivity index (χ3v) is 20.7. The predicted molar refractivity (Wildman–Crippen MR) is 221 cm³/mol. The highest BCUT2D eigenvalue weighted by Gasteiger charge is 2.61. The summed E-state index contributed by atoms with van der Waals surface area (Å²) in [7, 11) is 0. The average Bonchev–Trinajstić information content (AvgIpc) is 3.67. The molecule has 0 aromatic heterocycles. The molecule has 7 fully saturated rings. The lowest BCUT2D eigenvalue weighted by Crippen LogP contribution is -2.53. The van der Waals surface area contributed by atoms with E-state index in [0.29, 0.717) is 34.0 Å². The molecule has 2 heteroatoms. The molecule has 0 spiro atoms. The van der Waals surface area contributed by atoms with Crippen LogP contribution < -0.4 is 0 Å². The van der Waals surface area contributed by atoms with E-state index >= 15 is 0 Å². The number of fused-ring (bicyclic) bond motifs is 10. The number of carbonyl (C=O) groups is 1. The SMILES string of the molecule is CC(C)CCC[C@@H](C)[C@H]1CC[C@H]2[C@@H]3CC=C4C[C@@H](OC(=O)CC[C@@H](C)[C@H]5CC[C@H]6[C@@H]7CC[C@@H]8CCCC[C@]8(C)[C@H]7CC[C@]56C)CC[C@]4(C)[C@H]3CC[C@]12C. The molecule has 0 radical (unpaired) electrons. The number of hydrogen-bond donors (Lipinski definition) is 0. The molecule has 0 N–H and O–H groups in total. The van der Waals surface area contributed by atoms with Crippen LogP contribution in [0.1, 0.15) is 203 Å². The molecule has 0 aromatic carbocycles. The van der Waals surface area contributed by atoms with Crippen LogP contribution in [-0.2, 0) is 9.53 Å². The number of esters is 1. The van der Waals surface area contributed by atoms with Crippen molar-refractivity contribution in [2.75, 3.05) is 0 Å². The molecule has 8 aliphatic carbocycles. The van der Waals surface area contributed by atoms with E-state index in [2.05, 4.69) is 61.5 Å². The van der Waals surface area contributed by atoms with Gasteiger partial charge in [-0.15, -0.1) is 0 Å². The molecule has 7 saturated carbocycles. The molecule has 0 aromatic rings. The van der Waals surface area contributed by atoms with Crippen molar-refractivity contribution in [3.05, 3.63) is 11.6 Å². The molecule has 0 amide bonds. The molecule has 8 aliphatic rings. The van der Waals surface area contributed by atoms with Crippen molar-refractivity contribution >= 4 is 5.97 Å². The maximum absolute atomic E-state index is 13.5. The van der Waals surface area contributed by atoms with E-state index in [1.165, 1.54) is 122 Å². The zero-order valence-electron chi connectivity index (χ0n) is 36.2. The Labute approximate surface area is 328 Å². The van der Waals surface area contributed by atoms with Gasteiger partial charge in [0.05, 0.1) is 0 Å². The highest BCUT2D eigenvalue weighted by molar-refractivity contribution is 5.69. The summed E-state index contributed by atoms with van der Waals surface area (Å²) >= 11 is 0. The molecular formula is C51H84O2. The van der Waals surface area contributed by atoms with Crippen LogP contribution in [-0.4, -0.2) is 12.1 Å². The molecule has 2 nitrogen and oxygen atoms in total. The van der Waals surface area contributed by atoms with Gasteiger partial charge in [-0.2, -0.15) is 0 Å². The standard InChI is InChI=1S/C51H84O2/c1-33(2)12-11-13-34(3)41-20-22-44-40-19-17-37-32-38(25-29-49(37,6)46(40)27-31-50(41,44)7)53-47(52)24-15-35(4)42-21-23-43-39-18-16-36-14-9-10-28-48(36,5)45(39)26-30-51(42,43)8/h17,33-36,38-46H,9-16,18-32H2,1-8H3/t34-,35-,36+,38+,39+,40+,41-,42-,43+,44+,45+,46+,48+,49+,50-,51-/m1/s1. The molecule has 0 bridgehead atoms. The van der Waals surface area contributed by atoms with Gasteiger partial charge in [-0.25, -0.2) is 0 Å². The lowest BCUT2D eigenvalue weighted by Gasteiger charge is -2.61. The monoisotopic (exact) mass is 729 g/mol. The van der Waals surface area contributed by atoms with E-state index in [1.54, 1.807) is 5.57 Å². The molecule has 8 rings (SSSR count). The van der Waals surface area contributed by atoms with E-state index < -0.39 is 0 Å². The van der Waals surface area contributed by atoms with E-state index in [0.717, 1.165) is 84.4 Å². The maximum atomic E-state index is 13.5. The summed E-state index contributed by atoms with van der Waals surface area (Å²) in [6.07, 6.45) is 33.8. The van der Waals surface area contributed by atoms with Gasteiger partial charge in [0.2, 0.25) is 0 Å². The topological polar surface area (TPSA) is 26.3 Å². The second-order valence-corrected chi connectivity index (χ2v) is 23.3. The lowest BCUT2D eigenvalue weighted by molar-refractivity contribution is -0.152. The zero-order chi connectivity index (χ0) is 37.3. The van der Waals surface area contributed by atoms with Crippen LogP contribution in [0, 0.1) is 92.7 Å². The molecule has 0 unspecified atom stereocenters. The van der Waals surface area contributed by atoms with Crippen molar-refractivity contribution in [3.8, 4) is 0 Å². The molecule has 0 saturated heterocycles. The van der Waals surface area contributed by atoms with Gasteiger partial charge in [0.15, 0.2) is 0 Å². The zero-order valence-corrected chi connectivity index (χ0v) is 36.2. The van der Waals surface area contributed by atoms with Gasteiger partial charge in [-0.1, -0.05) is 99.1 Å². The van der Waals surface area contributed by atoms with Gasteiger partial charge in [0.25, 0.3) is 0 Å². The van der Waals surface area contributed by atoms with Crippen LogP contribution in [0.15, 0.2) is 11.6 Å². The van der Waals surface area contributed by atoms with Crippen LogP contribution in [0.4, 0.5) is 0 Å². The summed E-state index contributed by atoms with van der Waals surface area (Å²) in [5.74, 6) is 10.6. The quantitative estimate of drug-likeness (QED) is 0.165. The lowest BCUT2D eigenvalue weighted by atomic mass is 9.44. The van der Waals surface area contributed by atoms with Crippen LogP contribution >= 0.6 is 0 Å². The first-order chi connectivity index (χ1) is 25.3. The van der Waals surface area contributed by atoms with E-state index in [9.17, 15) is 4.79 Å². The summed E-state index contributed by atoms with van der Waals surface area (Å²) in [5, 5.41) is 0. The Balaban J connectivity index is 0.833. The largest absolute Gasteiger partial charge is 0.462 e. The third kappa shape index (κ3) is 6.68. The first-order valence-electron chi connectivity index (χ1n) is 24.2. The summed E-state index contributed by atoms with van der Waals surface area (Å²) in [5.41, 5.74) is 3.65. The Bertz CT molecular complexity index is 1350. The van der Waals surface area contributed by atoms with E-state index in [1.807, 2.05) is 0 Å². The first kappa shape index (κ1) is 39.1. The predicted octanol–water partition coefficient (Wildman–Crippen LogP) is 14.4. The Morgan fingerprint density at radius 1 is 0.660 bits per heavy atom. The molecule has 0 heterocycles. The fraction of sp³-hybridized carbons (Fsp3) is 0.941. The Morgan fingerprint density at radius 3 is 2.04 bits per heavy atom. The van der Waals surface area contributed by atoms with Crippen molar-refractivity contribution in [2.24, 2.45) is 92.7 Å². The Morgan fingerprint density at radius 2 is 1.32 bits per heavy atom. The highest BCUT2D eigenvalue weighted by atomic mass is 16.5. The minimum absolute atomic E-state index is 0.0969. The highest BCUT2D eigenvalue weighted by Crippen LogP contribution is 2.69. The average molecular weight is 729 g/mol. The first-order valence-corrected chi connectivity index (χ1v) is 24.2. The number of rotatable bonds is 10. The maximum Gasteiger partial charge on any atom is 0.306 e. The van der Waals surface area contributed by atoms with Gasteiger partial charge in [-0.3, -0.25) is 4.79 Å². The fourth-order valence-electron chi connectivity index (χ4n) is 17.8. The van der Waals surface area contributed by atoms with Gasteiger partial charge < -0.3 is 4.74 Å². The van der Waals surface area contributed by atoms with Crippen molar-refractivity contribution in [1.29, 1.82) is 0 Å². The summed E-state index contributed by atoms with van der Waals surface area (Å²) < 4.78 is 6.39. The van der Waals surface area contributed by atoms with Crippen molar-refractivity contribution in [3.63, 3.8) is 0 Å². The molecule has 0 aliphatic heterocycles. The smallest absolute Gasteiger partial charge is 0.306 e. The molecular weight excluding hydrogens is 645 g/mol. The normalized spacial score (nSPS) is 48.7. The fourth-order valence-corrected chi connectivity index (χ4v) is 17.8. The number of ether oxygens (including phenoxy) is 1. The van der Waals surface area contributed by atoms with Crippen LogP contribution in [0.2, 0.25) is 0 Å². The second kappa shape index (κ2) is 14.9. The number of hydrogen-bond acceptors (Lipinski definition) is 2. The van der Waals surface area contributed by atoms with Crippen molar-refractivity contribution < 1.29 is 9.53 Å². The second-order valence-electron chi connectivity index (χ2n) is 23.3. The van der Waals surface area contributed by atoms with Crippen LogP contribution in [0.5, 0.6) is 0 Å². The van der Waals surface area contributed by atoms with Crippen LogP contribution in [0.25, 0.3) is 0 Å². The summed E-state index contributed by atoms with van der Waals surface area (Å²) in [4.78, 5) is 13.5. The Hall–Kier alpha value is -0.790. The minimum Gasteiger partial charge on any atom is -0.462 e. The van der Waals surface area contributed by atoms with E-state index in [-0.39, 0.29) is 12.1 Å². The minimum atomic E-state index is 0.0969. The van der Waals surface area contributed by atoms with E-state index in [4.69, 9.17) is 4.74 Å². The van der Waals surface area contributed by atoms with Crippen LogP contribution in [0.3, 0.4) is 0 Å². The molecule has 300 valence electrons. The third-order valence-electron chi connectivity index (χ3n) is 20.7. The summed E-state index contributed by atoms with van der Waals surface area (Å²) in [6, 6.07) is 0. The molecule has 16 atom stereocenters. The number of allylic oxidation sites excluding steroid dienone is 1. The summed E-state index contributed by atoms with van der Waals surface area (Å²) in [6.45, 7) is 20.6. The van der Waals surface area contributed by atoms with Crippen molar-refractivity contribution in [1.82, 2.24) is 0 Å². The number of carbonyl (C=O) groups excluding carboxylic acids is 1. The van der Waals surface area contributed by atoms with Gasteiger partial charge in [0.1, 0.15) is 6.10 Å². The van der Waals surface area contributed by atoms with Gasteiger partial charge >= 0.3 is 5.97 Å². The van der Waals surface area contributed by atoms with Gasteiger partial charge in [-0.05, 0) is 195 Å². The Kier molecular flexibility index (Phi) is 10.9.